The molecule has 18 heavy (non-hydrogen) atoms. The Kier molecular flexibility index (Phi) is 6.67. The van der Waals surface area contributed by atoms with Gasteiger partial charge in [0.1, 0.15) is 0 Å². The third-order valence-electron chi connectivity index (χ3n) is 2.28. The van der Waals surface area contributed by atoms with Crippen molar-refractivity contribution in [1.82, 2.24) is 9.88 Å². The number of ether oxygens (including phenoxy) is 1. The molecule has 5 nitrogen and oxygen atoms in total. The van der Waals surface area contributed by atoms with Crippen LogP contribution in [0.4, 0.5) is 5.13 Å². The van der Waals surface area contributed by atoms with Gasteiger partial charge in [0.15, 0.2) is 5.13 Å². The molecule has 1 heterocycles. The normalized spacial score (nSPS) is 10.7. The molecule has 1 rings (SSSR count). The second-order valence-electron chi connectivity index (χ2n) is 4.18. The van der Waals surface area contributed by atoms with Crippen molar-refractivity contribution in [1.29, 1.82) is 0 Å². The number of likely N-dealkylation sites (N-methyl/N-ethyl adjacent to an activating group) is 1. The van der Waals surface area contributed by atoms with E-state index in [1.165, 1.54) is 0 Å². The third-order valence-corrected chi connectivity index (χ3v) is 3.13. The minimum Gasteiger partial charge on any atom is -0.466 e. The Morgan fingerprint density at radius 3 is 3.00 bits per heavy atom. The van der Waals surface area contributed by atoms with Crippen LogP contribution in [0.15, 0.2) is 5.38 Å². The Morgan fingerprint density at radius 1 is 1.56 bits per heavy atom. The Morgan fingerprint density at radius 2 is 2.33 bits per heavy atom. The van der Waals surface area contributed by atoms with E-state index in [4.69, 9.17) is 4.74 Å². The molecule has 0 saturated heterocycles. The van der Waals surface area contributed by atoms with Crippen molar-refractivity contribution in [3.8, 4) is 0 Å². The highest BCUT2D eigenvalue weighted by molar-refractivity contribution is 7.13. The van der Waals surface area contributed by atoms with Crippen LogP contribution in [0.5, 0.6) is 0 Å². The number of aryl methyl sites for hydroxylation is 1. The molecule has 1 aromatic rings. The number of aromatic nitrogens is 1. The Bertz CT molecular complexity index is 366. The van der Waals surface area contributed by atoms with Crippen LogP contribution < -0.4 is 5.32 Å². The zero-order valence-electron chi connectivity index (χ0n) is 11.2. The topological polar surface area (TPSA) is 54.5 Å². The molecule has 102 valence electrons. The van der Waals surface area contributed by atoms with E-state index in [9.17, 15) is 4.79 Å². The van der Waals surface area contributed by atoms with Crippen LogP contribution in [0, 0.1) is 0 Å². The molecular formula is C12H21N3O2S. The van der Waals surface area contributed by atoms with Crippen LogP contribution in [0.25, 0.3) is 0 Å². The first-order chi connectivity index (χ1) is 8.61. The van der Waals surface area contributed by atoms with Gasteiger partial charge in [-0.3, -0.25) is 4.79 Å². The lowest BCUT2D eigenvalue weighted by Crippen LogP contribution is -2.20. The molecule has 0 fully saturated rings. The van der Waals surface area contributed by atoms with Gasteiger partial charge in [-0.05, 0) is 21.0 Å². The van der Waals surface area contributed by atoms with Crippen LogP contribution in [0.1, 0.15) is 19.0 Å². The van der Waals surface area contributed by atoms with E-state index >= 15 is 0 Å². The van der Waals surface area contributed by atoms with E-state index in [1.807, 2.05) is 26.4 Å². The zero-order chi connectivity index (χ0) is 13.4. The quantitative estimate of drug-likeness (QED) is 0.728. The molecule has 1 N–H and O–H groups in total. The van der Waals surface area contributed by atoms with Crippen molar-refractivity contribution in [3.05, 3.63) is 11.1 Å². The van der Waals surface area contributed by atoms with E-state index in [1.54, 1.807) is 11.3 Å². The fourth-order valence-electron chi connectivity index (χ4n) is 1.35. The van der Waals surface area contributed by atoms with Crippen LogP contribution in [0.3, 0.4) is 0 Å². The zero-order valence-corrected chi connectivity index (χ0v) is 12.0. The van der Waals surface area contributed by atoms with Gasteiger partial charge in [0, 0.05) is 24.9 Å². The standard InChI is InChI=1S/C12H21N3O2S/c1-4-17-11(16)6-5-10-9-18-12(14-10)13-7-8-15(2)3/h9H,4-8H2,1-3H3,(H,13,14). The number of carbonyl (C=O) groups is 1. The average molecular weight is 271 g/mol. The summed E-state index contributed by atoms with van der Waals surface area (Å²) in [6.07, 6.45) is 1.04. The Hall–Kier alpha value is -1.14. The van der Waals surface area contributed by atoms with E-state index in [0.717, 1.165) is 23.9 Å². The second-order valence-corrected chi connectivity index (χ2v) is 5.04. The number of rotatable bonds is 8. The number of nitrogens with zero attached hydrogens (tertiary/aromatic N) is 2. The lowest BCUT2D eigenvalue weighted by molar-refractivity contribution is -0.143. The molecule has 0 unspecified atom stereocenters. The highest BCUT2D eigenvalue weighted by atomic mass is 32.1. The van der Waals surface area contributed by atoms with Crippen molar-refractivity contribution in [2.75, 3.05) is 39.1 Å². The van der Waals surface area contributed by atoms with E-state index in [2.05, 4.69) is 15.2 Å². The summed E-state index contributed by atoms with van der Waals surface area (Å²) in [4.78, 5) is 17.7. The number of thiazole rings is 1. The van der Waals surface area contributed by atoms with E-state index in [-0.39, 0.29) is 5.97 Å². The summed E-state index contributed by atoms with van der Waals surface area (Å²) in [5.74, 6) is -0.160. The second kappa shape index (κ2) is 8.05. The number of anilines is 1. The number of esters is 1. The minimum absolute atomic E-state index is 0.160. The highest BCUT2D eigenvalue weighted by Gasteiger charge is 2.06. The van der Waals surface area contributed by atoms with E-state index in [0.29, 0.717) is 19.4 Å². The van der Waals surface area contributed by atoms with Crippen LogP contribution in [0.2, 0.25) is 0 Å². The van der Waals surface area contributed by atoms with Gasteiger partial charge in [-0.15, -0.1) is 11.3 Å². The number of hydrogen-bond acceptors (Lipinski definition) is 6. The maximum Gasteiger partial charge on any atom is 0.306 e. The fourth-order valence-corrected chi connectivity index (χ4v) is 2.13. The van der Waals surface area contributed by atoms with Crippen LogP contribution in [-0.4, -0.2) is 49.6 Å². The van der Waals surface area contributed by atoms with Gasteiger partial charge in [0.25, 0.3) is 0 Å². The molecule has 0 aromatic carbocycles. The van der Waals surface area contributed by atoms with Crippen molar-refractivity contribution in [3.63, 3.8) is 0 Å². The fraction of sp³-hybridized carbons (Fsp3) is 0.667. The summed E-state index contributed by atoms with van der Waals surface area (Å²) in [5, 5.41) is 6.15. The molecule has 0 aliphatic rings. The van der Waals surface area contributed by atoms with Gasteiger partial charge in [-0.25, -0.2) is 4.98 Å². The lowest BCUT2D eigenvalue weighted by atomic mass is 10.2. The molecule has 0 radical (unpaired) electrons. The van der Waals surface area contributed by atoms with Gasteiger partial charge in [0.05, 0.1) is 18.7 Å². The summed E-state index contributed by atoms with van der Waals surface area (Å²) in [5.41, 5.74) is 0.945. The maximum atomic E-state index is 11.2. The van der Waals surface area contributed by atoms with Gasteiger partial charge in [-0.2, -0.15) is 0 Å². The predicted molar refractivity (Wildman–Crippen MR) is 74.1 cm³/mol. The molecule has 0 saturated carbocycles. The van der Waals surface area contributed by atoms with Crippen molar-refractivity contribution in [2.45, 2.75) is 19.8 Å². The summed E-state index contributed by atoms with van der Waals surface area (Å²) in [6, 6.07) is 0. The number of carbonyl (C=O) groups excluding carboxylic acids is 1. The first kappa shape index (κ1) is 14.9. The lowest BCUT2D eigenvalue weighted by Gasteiger charge is -2.08. The number of nitrogens with one attached hydrogen (secondary N) is 1. The molecule has 0 bridgehead atoms. The van der Waals surface area contributed by atoms with Crippen molar-refractivity contribution >= 4 is 22.4 Å². The first-order valence-electron chi connectivity index (χ1n) is 6.10. The first-order valence-corrected chi connectivity index (χ1v) is 6.98. The SMILES string of the molecule is CCOC(=O)CCc1csc(NCCN(C)C)n1. The van der Waals surface area contributed by atoms with Gasteiger partial charge in [-0.1, -0.05) is 0 Å². The highest BCUT2D eigenvalue weighted by Crippen LogP contribution is 2.16. The van der Waals surface area contributed by atoms with Crippen LogP contribution in [-0.2, 0) is 16.0 Å². The van der Waals surface area contributed by atoms with Crippen molar-refractivity contribution in [2.24, 2.45) is 0 Å². The molecule has 0 aliphatic heterocycles. The van der Waals surface area contributed by atoms with Gasteiger partial charge >= 0.3 is 5.97 Å². The summed E-state index contributed by atoms with van der Waals surface area (Å²) < 4.78 is 4.88. The summed E-state index contributed by atoms with van der Waals surface area (Å²) >= 11 is 1.57. The van der Waals surface area contributed by atoms with Gasteiger partial charge < -0.3 is 15.0 Å². The Labute approximate surface area is 112 Å². The molecule has 1 aromatic heterocycles. The molecule has 0 spiro atoms. The third kappa shape index (κ3) is 5.97. The largest absolute Gasteiger partial charge is 0.466 e. The predicted octanol–water partition coefficient (Wildman–Crippen LogP) is 1.61. The molecule has 0 atom stereocenters. The smallest absolute Gasteiger partial charge is 0.306 e. The van der Waals surface area contributed by atoms with Gasteiger partial charge in [0.2, 0.25) is 0 Å². The molecule has 0 aliphatic carbocycles. The maximum absolute atomic E-state index is 11.2. The molecular weight excluding hydrogens is 250 g/mol. The summed E-state index contributed by atoms with van der Waals surface area (Å²) in [7, 11) is 4.07. The average Bonchev–Trinajstić information content (AvgIpc) is 2.74. The van der Waals surface area contributed by atoms with Crippen LogP contribution >= 0.6 is 11.3 Å². The monoisotopic (exact) mass is 271 g/mol. The summed E-state index contributed by atoms with van der Waals surface area (Å²) in [6.45, 7) is 4.09. The minimum atomic E-state index is -0.160. The number of hydrogen-bond donors (Lipinski definition) is 1. The van der Waals surface area contributed by atoms with Crippen molar-refractivity contribution < 1.29 is 9.53 Å². The molecule has 6 heteroatoms. The Balaban J connectivity index is 2.27. The van der Waals surface area contributed by atoms with E-state index < -0.39 is 0 Å². The molecule has 0 amide bonds.